The molecule has 0 saturated heterocycles. The molecule has 0 aromatic heterocycles. The second-order valence-electron chi connectivity index (χ2n) is 14.2. The summed E-state index contributed by atoms with van der Waals surface area (Å²) in [6, 6.07) is 42.4. The Kier molecular flexibility index (Phi) is 10.6. The summed E-state index contributed by atoms with van der Waals surface area (Å²) in [6.07, 6.45) is 0. The van der Waals surface area contributed by atoms with Crippen LogP contribution < -0.4 is 0 Å². The quantitative estimate of drug-likeness (QED) is 0.148. The zero-order valence-electron chi connectivity index (χ0n) is 28.3. The van der Waals surface area contributed by atoms with Crippen LogP contribution >= 0.6 is 17.0 Å². The molecule has 3 heteroatoms. The van der Waals surface area contributed by atoms with Gasteiger partial charge in [-0.05, 0) is 27.2 Å². The molecule has 0 fully saturated rings. The van der Waals surface area contributed by atoms with Crippen LogP contribution in [0.15, 0.2) is 115 Å². The molecular formula is C43H44Cl2Zr-2. The summed E-state index contributed by atoms with van der Waals surface area (Å²) in [6.45, 7) is 17.7. The number of hydrogen-bond acceptors (Lipinski definition) is 0. The number of halogens is 2. The van der Waals surface area contributed by atoms with Crippen LogP contribution in [0.5, 0.6) is 0 Å². The Hall–Kier alpha value is -2.83. The van der Waals surface area contributed by atoms with Gasteiger partial charge in [0, 0.05) is 0 Å². The molecule has 0 amide bonds. The van der Waals surface area contributed by atoms with Crippen LogP contribution in [0.1, 0.15) is 65.2 Å². The van der Waals surface area contributed by atoms with Gasteiger partial charge in [-0.25, -0.2) is 0 Å². The molecule has 46 heavy (non-hydrogen) atoms. The molecule has 7 aromatic rings. The molecular weight excluding hydrogens is 679 g/mol. The molecule has 0 N–H and O–H groups in total. The van der Waals surface area contributed by atoms with Gasteiger partial charge in [-0.3, -0.25) is 0 Å². The molecule has 0 radical (unpaired) electrons. The van der Waals surface area contributed by atoms with Crippen molar-refractivity contribution in [2.24, 2.45) is 0 Å². The van der Waals surface area contributed by atoms with Gasteiger partial charge in [-0.1, -0.05) is 138 Å². The summed E-state index contributed by atoms with van der Waals surface area (Å²) in [5, 5.41) is 10.8. The van der Waals surface area contributed by atoms with Crippen LogP contribution in [-0.2, 0) is 29.7 Å². The minimum absolute atomic E-state index is 0.203. The fraction of sp³-hybridized carbons (Fsp3) is 0.233. The van der Waals surface area contributed by atoms with Crippen molar-refractivity contribution in [1.29, 1.82) is 0 Å². The van der Waals surface area contributed by atoms with Crippen LogP contribution in [0.2, 0.25) is 0 Å². The van der Waals surface area contributed by atoms with E-state index in [-0.39, 0.29) is 10.8 Å². The predicted octanol–water partition coefficient (Wildman–Crippen LogP) is 13.7. The van der Waals surface area contributed by atoms with Crippen molar-refractivity contribution in [2.75, 3.05) is 0 Å². The van der Waals surface area contributed by atoms with Crippen molar-refractivity contribution in [2.45, 2.75) is 66.2 Å². The number of hydrogen-bond donors (Lipinski definition) is 0. The topological polar surface area (TPSA) is 0 Å². The number of rotatable bonds is 1. The maximum Gasteiger partial charge on any atom is -0.0114 e. The molecule has 0 bridgehead atoms. The fourth-order valence-electron chi connectivity index (χ4n) is 6.04. The second kappa shape index (κ2) is 14.1. The van der Waals surface area contributed by atoms with Crippen molar-refractivity contribution in [1.82, 2.24) is 0 Å². The Bertz CT molecular complexity index is 2080. The smallest absolute Gasteiger partial charge is 0.0114 e. The van der Waals surface area contributed by atoms with Crippen molar-refractivity contribution in [3.63, 3.8) is 0 Å². The molecule has 236 valence electrons. The normalized spacial score (nSPS) is 11.7. The maximum absolute atomic E-state index is 5.37. The largest absolute Gasteiger partial charge is 0.165 e. The molecule has 0 aliphatic rings. The van der Waals surface area contributed by atoms with Crippen LogP contribution in [0.4, 0.5) is 0 Å². The van der Waals surface area contributed by atoms with Crippen molar-refractivity contribution in [3.05, 3.63) is 132 Å². The monoisotopic (exact) mass is 720 g/mol. The Morgan fingerprint density at radius 2 is 1.04 bits per heavy atom. The second-order valence-corrected chi connectivity index (χ2v) is 23.0. The van der Waals surface area contributed by atoms with E-state index in [2.05, 4.69) is 164 Å². The van der Waals surface area contributed by atoms with Crippen molar-refractivity contribution < 1.29 is 18.9 Å². The fourth-order valence-corrected chi connectivity index (χ4v) is 6.04. The van der Waals surface area contributed by atoms with Gasteiger partial charge in [0.1, 0.15) is 0 Å². The number of benzene rings is 5. The zero-order valence-corrected chi connectivity index (χ0v) is 32.3. The van der Waals surface area contributed by atoms with Gasteiger partial charge in [0.15, 0.2) is 0 Å². The van der Waals surface area contributed by atoms with E-state index in [0.29, 0.717) is 0 Å². The summed E-state index contributed by atoms with van der Waals surface area (Å²) < 4.78 is 1.89. The molecule has 7 aromatic carbocycles. The first-order valence-corrected chi connectivity index (χ1v) is 23.8. The molecule has 0 nitrogen and oxygen atoms in total. The van der Waals surface area contributed by atoms with E-state index >= 15 is 0 Å². The SMILES string of the molecule is CC(C)(C)c1ccc2c(c1)[cH-]c1cc(C(C)(C)C)ccc12.C[CH]=[Zr]([Cl])[Cl].Cc1cc2c(-c3cccc4ccccc34)cccc2[cH-]1. The first-order valence-electron chi connectivity index (χ1n) is 16.0. The summed E-state index contributed by atoms with van der Waals surface area (Å²) in [4.78, 5) is 0. The molecule has 0 aliphatic carbocycles. The van der Waals surface area contributed by atoms with Gasteiger partial charge < -0.3 is 0 Å². The molecule has 0 saturated carbocycles. The molecule has 0 heterocycles. The van der Waals surface area contributed by atoms with Crippen LogP contribution in [0, 0.1) is 6.92 Å². The van der Waals surface area contributed by atoms with Crippen LogP contribution in [0.3, 0.4) is 0 Å². The Morgan fingerprint density at radius 1 is 0.543 bits per heavy atom. The zero-order chi connectivity index (χ0) is 33.2. The van der Waals surface area contributed by atoms with Crippen LogP contribution in [-0.4, -0.2) is 3.71 Å². The summed E-state index contributed by atoms with van der Waals surface area (Å²) in [5.41, 5.74) is 7.18. The first kappa shape index (κ1) is 34.5. The van der Waals surface area contributed by atoms with Gasteiger partial charge in [0.05, 0.1) is 0 Å². The van der Waals surface area contributed by atoms with E-state index in [9.17, 15) is 0 Å². The van der Waals surface area contributed by atoms with Gasteiger partial charge in [-0.2, -0.15) is 6.07 Å². The third-order valence-electron chi connectivity index (χ3n) is 8.63. The third kappa shape index (κ3) is 7.82. The van der Waals surface area contributed by atoms with Gasteiger partial charge in [0.2, 0.25) is 0 Å². The minimum atomic E-state index is -1.76. The molecule has 0 aliphatic heterocycles. The Morgan fingerprint density at radius 3 is 1.59 bits per heavy atom. The van der Waals surface area contributed by atoms with E-state index in [1.165, 1.54) is 70.9 Å². The standard InChI is InChI=1S/C21H25.C20H15.C2H4.2ClH.Zr/c1-20(2,3)16-7-9-18-14(12-16)11-15-13-17(21(4,5)6)8-10-19(15)18;1-14-12-16-8-5-11-19(20(16)13-14)18-10-4-7-15-6-2-3-9-17(15)18;1-2;;;/h7-13H,1-6H3;2-13H,1H3;1H,2H3;2*1H;/q2*-1;;;;+2/p-2. The summed E-state index contributed by atoms with van der Waals surface area (Å²) >= 11 is -1.76. The van der Waals surface area contributed by atoms with E-state index in [0.717, 1.165) is 0 Å². The number of fused-ring (bicyclic) bond motifs is 5. The van der Waals surface area contributed by atoms with E-state index in [1.54, 1.807) is 0 Å². The van der Waals surface area contributed by atoms with Crippen LogP contribution in [0.25, 0.3) is 54.2 Å². The van der Waals surface area contributed by atoms with Gasteiger partial charge >= 0.3 is 46.5 Å². The summed E-state index contributed by atoms with van der Waals surface area (Å²) in [7, 11) is 10.7. The molecule has 0 unspecified atom stereocenters. The van der Waals surface area contributed by atoms with Gasteiger partial charge in [0.25, 0.3) is 0 Å². The molecule has 0 spiro atoms. The third-order valence-corrected chi connectivity index (χ3v) is 12.3. The maximum atomic E-state index is 5.37. The predicted molar refractivity (Wildman–Crippen MR) is 205 cm³/mol. The molecule has 0 atom stereocenters. The number of aryl methyl sites for hydroxylation is 1. The Labute approximate surface area is 290 Å². The minimum Gasteiger partial charge on any atom is -0.165 e. The molecule has 7 rings (SSSR count). The summed E-state index contributed by atoms with van der Waals surface area (Å²) in [5.74, 6) is 0. The van der Waals surface area contributed by atoms with E-state index in [4.69, 9.17) is 17.0 Å². The Balaban J connectivity index is 0.000000159. The average molecular weight is 723 g/mol. The van der Waals surface area contributed by atoms with E-state index < -0.39 is 18.9 Å². The van der Waals surface area contributed by atoms with Gasteiger partial charge in [-0.15, -0.1) is 74.3 Å². The van der Waals surface area contributed by atoms with E-state index in [1.807, 2.05) is 10.6 Å². The first-order chi connectivity index (χ1) is 21.8. The van der Waals surface area contributed by atoms with Crippen molar-refractivity contribution in [3.8, 4) is 11.1 Å². The van der Waals surface area contributed by atoms with Crippen molar-refractivity contribution >= 4 is 63.8 Å². The average Bonchev–Trinajstić information content (AvgIpc) is 3.59.